The second-order valence-corrected chi connectivity index (χ2v) is 6.71. The molecule has 0 unspecified atom stereocenters. The molecule has 2 aromatic carbocycles. The number of aromatic nitrogens is 1. The fourth-order valence-corrected chi connectivity index (χ4v) is 3.91. The van der Waals surface area contributed by atoms with Crippen molar-refractivity contribution in [1.82, 2.24) is 4.57 Å². The Labute approximate surface area is 141 Å². The summed E-state index contributed by atoms with van der Waals surface area (Å²) in [6.45, 7) is 2.82. The van der Waals surface area contributed by atoms with E-state index in [0.29, 0.717) is 5.56 Å². The summed E-state index contributed by atoms with van der Waals surface area (Å²) >= 11 is 0. The third-order valence-corrected chi connectivity index (χ3v) is 5.09. The summed E-state index contributed by atoms with van der Waals surface area (Å²) in [5.41, 5.74) is 6.43. The first kappa shape index (κ1) is 15.0. The number of hydrogen-bond acceptors (Lipinski definition) is 1. The van der Waals surface area contributed by atoms with Crippen molar-refractivity contribution in [3.63, 3.8) is 0 Å². The lowest BCUT2D eigenvalue weighted by atomic mass is 9.95. The molecule has 0 radical (unpaired) electrons. The van der Waals surface area contributed by atoms with Crippen LogP contribution in [0, 0.1) is 6.92 Å². The zero-order valence-electron chi connectivity index (χ0n) is 13.9. The van der Waals surface area contributed by atoms with Gasteiger partial charge in [0, 0.05) is 17.6 Å². The van der Waals surface area contributed by atoms with E-state index in [0.717, 1.165) is 30.3 Å². The molecule has 1 aromatic heterocycles. The van der Waals surface area contributed by atoms with Crippen molar-refractivity contribution in [2.24, 2.45) is 0 Å². The molecule has 0 saturated heterocycles. The van der Waals surface area contributed by atoms with Gasteiger partial charge in [0.2, 0.25) is 0 Å². The lowest BCUT2D eigenvalue weighted by Gasteiger charge is -2.16. The molecule has 3 aromatic rings. The van der Waals surface area contributed by atoms with Gasteiger partial charge in [-0.3, -0.25) is 0 Å². The molecule has 0 spiro atoms. The monoisotopic (exact) mass is 319 g/mol. The van der Waals surface area contributed by atoms with Crippen molar-refractivity contribution in [2.75, 3.05) is 0 Å². The Morgan fingerprint density at radius 3 is 2.58 bits per heavy atom. The van der Waals surface area contributed by atoms with E-state index in [1.807, 2.05) is 6.07 Å². The number of carboxylic acids is 1. The molecular formula is C21H21NO2. The number of aryl methyl sites for hydroxylation is 2. The summed E-state index contributed by atoms with van der Waals surface area (Å²) in [6.07, 6.45) is 4.46. The summed E-state index contributed by atoms with van der Waals surface area (Å²) in [5.74, 6) is -0.847. The van der Waals surface area contributed by atoms with E-state index in [4.69, 9.17) is 0 Å². The first-order chi connectivity index (χ1) is 11.6. The molecular weight excluding hydrogens is 298 g/mol. The molecule has 1 aliphatic carbocycles. The average molecular weight is 319 g/mol. The van der Waals surface area contributed by atoms with E-state index >= 15 is 0 Å². The number of para-hydroxylation sites is 1. The van der Waals surface area contributed by atoms with Crippen LogP contribution < -0.4 is 0 Å². The molecule has 0 bridgehead atoms. The lowest BCUT2D eigenvalue weighted by Crippen LogP contribution is -2.10. The number of benzene rings is 2. The van der Waals surface area contributed by atoms with Crippen LogP contribution in [0.1, 0.15) is 45.6 Å². The Bertz CT molecular complexity index is 919. The summed E-state index contributed by atoms with van der Waals surface area (Å²) < 4.78 is 2.25. The molecule has 24 heavy (non-hydrogen) atoms. The van der Waals surface area contributed by atoms with Gasteiger partial charge in [0.15, 0.2) is 0 Å². The van der Waals surface area contributed by atoms with Crippen LogP contribution in [-0.4, -0.2) is 15.6 Å². The number of nitrogens with zero attached hydrogens (tertiary/aromatic N) is 1. The largest absolute Gasteiger partial charge is 0.478 e. The van der Waals surface area contributed by atoms with Gasteiger partial charge in [-0.2, -0.15) is 0 Å². The molecule has 3 heteroatoms. The van der Waals surface area contributed by atoms with Crippen LogP contribution in [0.15, 0.2) is 42.5 Å². The maximum atomic E-state index is 11.8. The van der Waals surface area contributed by atoms with E-state index in [1.54, 1.807) is 6.07 Å². The van der Waals surface area contributed by atoms with E-state index < -0.39 is 5.97 Å². The van der Waals surface area contributed by atoms with Gasteiger partial charge in [0.1, 0.15) is 0 Å². The Balaban J connectivity index is 1.95. The highest BCUT2D eigenvalue weighted by atomic mass is 16.4. The van der Waals surface area contributed by atoms with Crippen LogP contribution in [-0.2, 0) is 19.4 Å². The van der Waals surface area contributed by atoms with Crippen molar-refractivity contribution >= 4 is 16.9 Å². The van der Waals surface area contributed by atoms with Gasteiger partial charge >= 0.3 is 5.97 Å². The van der Waals surface area contributed by atoms with Gasteiger partial charge in [-0.25, -0.2) is 4.79 Å². The smallest absolute Gasteiger partial charge is 0.337 e. The third-order valence-electron chi connectivity index (χ3n) is 5.09. The fraction of sp³-hybridized carbons (Fsp3) is 0.286. The Hall–Kier alpha value is -2.55. The highest BCUT2D eigenvalue weighted by molar-refractivity contribution is 6.04. The molecule has 0 saturated carbocycles. The molecule has 3 nitrogen and oxygen atoms in total. The minimum atomic E-state index is -0.847. The molecule has 0 atom stereocenters. The number of fused-ring (bicyclic) bond motifs is 3. The number of carbonyl (C=O) groups is 1. The minimum Gasteiger partial charge on any atom is -0.478 e. The van der Waals surface area contributed by atoms with Gasteiger partial charge < -0.3 is 9.67 Å². The summed E-state index contributed by atoms with van der Waals surface area (Å²) in [5, 5.41) is 10.8. The second-order valence-electron chi connectivity index (χ2n) is 6.71. The second kappa shape index (κ2) is 5.82. The third kappa shape index (κ3) is 2.41. The Kier molecular flexibility index (Phi) is 3.64. The predicted octanol–water partition coefficient (Wildman–Crippen LogP) is 4.58. The van der Waals surface area contributed by atoms with Crippen LogP contribution in [0.2, 0.25) is 0 Å². The SMILES string of the molecule is Cc1ccc(Cn2c3c(c4cccc(C(=O)O)c42)CCCC3)cc1. The summed E-state index contributed by atoms with van der Waals surface area (Å²) in [6, 6.07) is 14.2. The van der Waals surface area contributed by atoms with E-state index in [-0.39, 0.29) is 0 Å². The van der Waals surface area contributed by atoms with Crippen LogP contribution in [0.25, 0.3) is 10.9 Å². The zero-order chi connectivity index (χ0) is 16.7. The lowest BCUT2D eigenvalue weighted by molar-refractivity contribution is 0.0698. The maximum Gasteiger partial charge on any atom is 0.337 e. The maximum absolute atomic E-state index is 11.8. The summed E-state index contributed by atoms with van der Waals surface area (Å²) in [7, 11) is 0. The quantitative estimate of drug-likeness (QED) is 0.768. The number of carboxylic acid groups (broad SMARTS) is 1. The number of hydrogen-bond donors (Lipinski definition) is 1. The molecule has 1 N–H and O–H groups in total. The highest BCUT2D eigenvalue weighted by Crippen LogP contribution is 2.34. The van der Waals surface area contributed by atoms with Crippen molar-refractivity contribution in [1.29, 1.82) is 0 Å². The summed E-state index contributed by atoms with van der Waals surface area (Å²) in [4.78, 5) is 11.8. The van der Waals surface area contributed by atoms with Crippen LogP contribution >= 0.6 is 0 Å². The minimum absolute atomic E-state index is 0.411. The van der Waals surface area contributed by atoms with Gasteiger partial charge in [-0.1, -0.05) is 42.0 Å². The molecule has 1 aliphatic rings. The zero-order valence-corrected chi connectivity index (χ0v) is 13.9. The average Bonchev–Trinajstić information content (AvgIpc) is 2.91. The molecule has 4 rings (SSSR count). The van der Waals surface area contributed by atoms with Gasteiger partial charge in [0.05, 0.1) is 11.1 Å². The normalized spacial score (nSPS) is 13.9. The van der Waals surface area contributed by atoms with Gasteiger partial charge in [-0.15, -0.1) is 0 Å². The van der Waals surface area contributed by atoms with Crippen molar-refractivity contribution in [2.45, 2.75) is 39.2 Å². The van der Waals surface area contributed by atoms with Crippen molar-refractivity contribution in [3.8, 4) is 0 Å². The van der Waals surface area contributed by atoms with Crippen molar-refractivity contribution in [3.05, 3.63) is 70.4 Å². The van der Waals surface area contributed by atoms with E-state index in [9.17, 15) is 9.90 Å². The standard InChI is InChI=1S/C21H21NO2/c1-14-9-11-15(12-10-14)13-22-19-8-3-2-5-16(19)17-6-4-7-18(20(17)22)21(23)24/h4,6-7,9-12H,2-3,5,8,13H2,1H3,(H,23,24). The first-order valence-electron chi connectivity index (χ1n) is 8.57. The molecule has 0 aliphatic heterocycles. The topological polar surface area (TPSA) is 42.2 Å². The number of aromatic carboxylic acids is 1. The molecule has 122 valence electrons. The Morgan fingerprint density at radius 2 is 1.83 bits per heavy atom. The van der Waals surface area contributed by atoms with Gasteiger partial charge in [-0.05, 0) is 49.8 Å². The first-order valence-corrected chi connectivity index (χ1v) is 8.57. The van der Waals surface area contributed by atoms with Crippen molar-refractivity contribution < 1.29 is 9.90 Å². The molecule has 0 fully saturated rings. The Morgan fingerprint density at radius 1 is 1.08 bits per heavy atom. The van der Waals surface area contributed by atoms with Crippen LogP contribution in [0.4, 0.5) is 0 Å². The van der Waals surface area contributed by atoms with Gasteiger partial charge in [0.25, 0.3) is 0 Å². The molecule has 1 heterocycles. The van der Waals surface area contributed by atoms with E-state index in [1.165, 1.54) is 35.2 Å². The van der Waals surface area contributed by atoms with Crippen LogP contribution in [0.3, 0.4) is 0 Å². The predicted molar refractivity (Wildman–Crippen MR) is 95.8 cm³/mol. The highest BCUT2D eigenvalue weighted by Gasteiger charge is 2.23. The molecule has 0 amide bonds. The van der Waals surface area contributed by atoms with Crippen LogP contribution in [0.5, 0.6) is 0 Å². The van der Waals surface area contributed by atoms with E-state index in [2.05, 4.69) is 41.8 Å². The number of rotatable bonds is 3. The fourth-order valence-electron chi connectivity index (χ4n) is 3.91.